The van der Waals surface area contributed by atoms with Gasteiger partial charge in [0.05, 0.1) is 4.87 Å². The van der Waals surface area contributed by atoms with Gasteiger partial charge in [-0.15, -0.1) is 11.8 Å². The Hall–Kier alpha value is -1.34. The molecule has 1 unspecified atom stereocenters. The number of rotatable bonds is 5. The summed E-state index contributed by atoms with van der Waals surface area (Å²) in [5.74, 6) is -0.863. The van der Waals surface area contributed by atoms with Crippen molar-refractivity contribution in [2.24, 2.45) is 5.73 Å². The lowest BCUT2D eigenvalue weighted by molar-refractivity contribution is -0.136. The predicted octanol–water partition coefficient (Wildman–Crippen LogP) is 1.69. The summed E-state index contributed by atoms with van der Waals surface area (Å²) in [6, 6.07) is 6.02. The number of carboxylic acids is 1. The van der Waals surface area contributed by atoms with Gasteiger partial charge >= 0.3 is 12.6 Å². The zero-order valence-electron chi connectivity index (χ0n) is 9.18. The van der Waals surface area contributed by atoms with Crippen LogP contribution in [-0.4, -0.2) is 27.8 Å². The Morgan fingerprint density at radius 2 is 2.11 bits per heavy atom. The van der Waals surface area contributed by atoms with Crippen LogP contribution in [0.15, 0.2) is 24.3 Å². The Morgan fingerprint density at radius 3 is 2.56 bits per heavy atom. The first-order chi connectivity index (χ1) is 8.40. The molecule has 1 aliphatic heterocycles. The van der Waals surface area contributed by atoms with E-state index in [1.807, 2.05) is 0 Å². The van der Waals surface area contributed by atoms with Crippen LogP contribution in [0.5, 0.6) is 5.75 Å². The Bertz CT molecular complexity index is 454. The lowest BCUT2D eigenvalue weighted by Gasteiger charge is -2.09. The van der Waals surface area contributed by atoms with E-state index in [0.29, 0.717) is 6.42 Å². The van der Waals surface area contributed by atoms with E-state index in [9.17, 15) is 13.6 Å². The number of carboxylic acid groups (broad SMARTS) is 1. The van der Waals surface area contributed by atoms with Gasteiger partial charge in [-0.3, -0.25) is 4.79 Å². The molecule has 0 aromatic heterocycles. The average molecular weight is 275 g/mol. The zero-order valence-corrected chi connectivity index (χ0v) is 9.99. The molecule has 0 amide bonds. The highest BCUT2D eigenvalue weighted by molar-refractivity contribution is 8.09. The number of aliphatic carboxylic acids is 1. The average Bonchev–Trinajstić information content (AvgIpc) is 2.93. The molecule has 18 heavy (non-hydrogen) atoms. The van der Waals surface area contributed by atoms with Crippen molar-refractivity contribution in [3.63, 3.8) is 0 Å². The molecule has 0 spiro atoms. The number of thioether (sulfide) groups is 1. The molecule has 0 saturated carbocycles. The molecule has 1 heterocycles. The summed E-state index contributed by atoms with van der Waals surface area (Å²) in [6.07, 6.45) is 0.379. The predicted molar refractivity (Wildman–Crippen MR) is 62.7 cm³/mol. The molecule has 1 aromatic rings. The molecule has 0 bridgehead atoms. The maximum absolute atomic E-state index is 11.9. The minimum Gasteiger partial charge on any atom is -0.480 e. The summed E-state index contributed by atoms with van der Waals surface area (Å²) in [6.45, 7) is -2.85. The molecule has 2 atom stereocenters. The molecular weight excluding hydrogens is 264 g/mol. The SMILES string of the molecule is N[C@@]1(Cc2ccc(OC(F)F)cc2)SC1C(=O)O. The summed E-state index contributed by atoms with van der Waals surface area (Å²) in [5, 5.41) is 8.20. The van der Waals surface area contributed by atoms with Gasteiger partial charge in [0, 0.05) is 6.42 Å². The van der Waals surface area contributed by atoms with Gasteiger partial charge in [-0.05, 0) is 17.7 Å². The molecule has 1 saturated heterocycles. The number of hydrogen-bond acceptors (Lipinski definition) is 4. The Labute approximate surface area is 106 Å². The van der Waals surface area contributed by atoms with Crippen molar-refractivity contribution < 1.29 is 23.4 Å². The molecule has 98 valence electrons. The summed E-state index contributed by atoms with van der Waals surface area (Å²) in [4.78, 5) is 9.94. The summed E-state index contributed by atoms with van der Waals surface area (Å²) < 4.78 is 28.1. The number of carbonyl (C=O) groups is 1. The number of alkyl halides is 2. The van der Waals surface area contributed by atoms with E-state index in [0.717, 1.165) is 5.56 Å². The van der Waals surface area contributed by atoms with Crippen molar-refractivity contribution in [1.82, 2.24) is 0 Å². The van der Waals surface area contributed by atoms with Crippen LogP contribution >= 0.6 is 11.8 Å². The van der Waals surface area contributed by atoms with E-state index in [2.05, 4.69) is 4.74 Å². The van der Waals surface area contributed by atoms with Crippen molar-refractivity contribution in [2.45, 2.75) is 23.2 Å². The fraction of sp³-hybridized carbons (Fsp3) is 0.364. The number of halogens is 2. The van der Waals surface area contributed by atoms with Gasteiger partial charge in [0.15, 0.2) is 0 Å². The van der Waals surface area contributed by atoms with Gasteiger partial charge < -0.3 is 15.6 Å². The van der Waals surface area contributed by atoms with Crippen LogP contribution in [0.3, 0.4) is 0 Å². The van der Waals surface area contributed by atoms with Crippen molar-refractivity contribution >= 4 is 17.7 Å². The zero-order chi connectivity index (χ0) is 13.3. The fourth-order valence-electron chi connectivity index (χ4n) is 1.69. The van der Waals surface area contributed by atoms with Gasteiger partial charge in [-0.2, -0.15) is 8.78 Å². The maximum atomic E-state index is 11.9. The van der Waals surface area contributed by atoms with Crippen LogP contribution in [0.2, 0.25) is 0 Å². The Balaban J connectivity index is 1.97. The highest BCUT2D eigenvalue weighted by atomic mass is 32.2. The minimum absolute atomic E-state index is 0.0676. The second-order valence-corrected chi connectivity index (χ2v) is 5.46. The quantitative estimate of drug-likeness (QED) is 0.800. The van der Waals surface area contributed by atoms with Crippen LogP contribution in [0.25, 0.3) is 0 Å². The van der Waals surface area contributed by atoms with Crippen molar-refractivity contribution in [3.05, 3.63) is 29.8 Å². The lowest BCUT2D eigenvalue weighted by Crippen LogP contribution is -2.32. The largest absolute Gasteiger partial charge is 0.480 e. The van der Waals surface area contributed by atoms with E-state index in [4.69, 9.17) is 10.8 Å². The monoisotopic (exact) mass is 275 g/mol. The van der Waals surface area contributed by atoms with Gasteiger partial charge in [-0.25, -0.2) is 0 Å². The molecule has 0 aliphatic carbocycles. The highest BCUT2D eigenvalue weighted by Crippen LogP contribution is 2.51. The molecule has 7 heteroatoms. The highest BCUT2D eigenvalue weighted by Gasteiger charge is 2.57. The number of benzene rings is 1. The second kappa shape index (κ2) is 4.74. The number of ether oxygens (including phenoxy) is 1. The van der Waals surface area contributed by atoms with Gasteiger partial charge in [-0.1, -0.05) is 12.1 Å². The molecule has 2 rings (SSSR count). The van der Waals surface area contributed by atoms with Crippen LogP contribution in [-0.2, 0) is 11.2 Å². The van der Waals surface area contributed by atoms with E-state index in [1.165, 1.54) is 23.9 Å². The van der Waals surface area contributed by atoms with Gasteiger partial charge in [0.1, 0.15) is 11.0 Å². The van der Waals surface area contributed by atoms with Crippen LogP contribution in [0.4, 0.5) is 8.78 Å². The number of hydrogen-bond donors (Lipinski definition) is 2. The second-order valence-electron chi connectivity index (χ2n) is 3.99. The Kier molecular flexibility index (Phi) is 3.45. The van der Waals surface area contributed by atoms with Crippen molar-refractivity contribution in [3.8, 4) is 5.75 Å². The topological polar surface area (TPSA) is 72.5 Å². The summed E-state index contributed by atoms with van der Waals surface area (Å²) in [5.41, 5.74) is 6.66. The number of nitrogens with two attached hydrogens (primary N) is 1. The van der Waals surface area contributed by atoms with E-state index in [1.54, 1.807) is 12.1 Å². The molecule has 1 aliphatic rings. The first-order valence-corrected chi connectivity index (χ1v) is 6.02. The standard InChI is InChI=1S/C11H11F2NO3S/c12-10(13)17-7-3-1-6(2-4-7)5-11(14)8(18-11)9(15)16/h1-4,8,10H,5,14H2,(H,15,16)/t8?,11-/m0/s1. The maximum Gasteiger partial charge on any atom is 0.387 e. The van der Waals surface area contributed by atoms with E-state index in [-0.39, 0.29) is 5.75 Å². The summed E-state index contributed by atoms with van der Waals surface area (Å²) in [7, 11) is 0. The van der Waals surface area contributed by atoms with Gasteiger partial charge in [0.25, 0.3) is 0 Å². The normalized spacial score (nSPS) is 26.1. The minimum atomic E-state index is -2.85. The van der Waals surface area contributed by atoms with E-state index >= 15 is 0 Å². The molecule has 3 N–H and O–H groups in total. The molecule has 1 aromatic carbocycles. The van der Waals surface area contributed by atoms with Crippen molar-refractivity contribution in [1.29, 1.82) is 0 Å². The summed E-state index contributed by atoms with van der Waals surface area (Å²) >= 11 is 1.18. The third kappa shape index (κ3) is 2.91. The van der Waals surface area contributed by atoms with Crippen molar-refractivity contribution in [2.75, 3.05) is 0 Å². The lowest BCUT2D eigenvalue weighted by atomic mass is 10.0. The smallest absolute Gasteiger partial charge is 0.387 e. The first kappa shape index (κ1) is 13.1. The molecule has 0 radical (unpaired) electrons. The van der Waals surface area contributed by atoms with E-state index < -0.39 is 22.7 Å². The molecular formula is C11H11F2NO3S. The third-order valence-corrected chi connectivity index (χ3v) is 4.00. The third-order valence-electron chi connectivity index (χ3n) is 2.58. The van der Waals surface area contributed by atoms with Crippen LogP contribution in [0.1, 0.15) is 5.56 Å². The van der Waals surface area contributed by atoms with Crippen LogP contribution < -0.4 is 10.5 Å². The molecule has 4 nitrogen and oxygen atoms in total. The fourth-order valence-corrected chi connectivity index (χ4v) is 2.59. The van der Waals surface area contributed by atoms with Gasteiger partial charge in [0.2, 0.25) is 0 Å². The molecule has 1 fully saturated rings. The first-order valence-electron chi connectivity index (χ1n) is 5.14. The van der Waals surface area contributed by atoms with Crippen LogP contribution in [0, 0.1) is 0 Å². The Morgan fingerprint density at radius 1 is 1.50 bits per heavy atom.